The highest BCUT2D eigenvalue weighted by Crippen LogP contribution is 2.37. The van der Waals surface area contributed by atoms with Crippen molar-refractivity contribution in [1.82, 2.24) is 5.32 Å². The summed E-state index contributed by atoms with van der Waals surface area (Å²) in [5, 5.41) is 13.2. The van der Waals surface area contributed by atoms with E-state index < -0.39 is 0 Å². The number of aliphatic hydroxyl groups excluding tert-OH is 1. The summed E-state index contributed by atoms with van der Waals surface area (Å²) in [6, 6.07) is 9.29. The van der Waals surface area contributed by atoms with Crippen LogP contribution in [-0.2, 0) is 0 Å². The Labute approximate surface area is 120 Å². The fourth-order valence-electron chi connectivity index (χ4n) is 3.47. The van der Waals surface area contributed by atoms with Gasteiger partial charge in [-0.05, 0) is 55.0 Å². The fourth-order valence-corrected chi connectivity index (χ4v) is 4.60. The van der Waals surface area contributed by atoms with Crippen LogP contribution in [0.5, 0.6) is 0 Å². The number of aliphatic hydroxyl groups is 1. The summed E-state index contributed by atoms with van der Waals surface area (Å²) in [6.45, 7) is 1.43. The Hall–Kier alpha value is -0.510. The number of thioether (sulfide) groups is 1. The maximum absolute atomic E-state index is 9.40. The van der Waals surface area contributed by atoms with Crippen LogP contribution in [0.4, 0.5) is 0 Å². The zero-order chi connectivity index (χ0) is 13.1. The molecule has 2 aliphatic rings. The molecule has 1 heterocycles. The SMILES string of the molecule is OCC1CCCC1CNC1CCSc2ccccc21. The second-order valence-electron chi connectivity index (χ2n) is 5.77. The van der Waals surface area contributed by atoms with Crippen molar-refractivity contribution in [2.45, 2.75) is 36.6 Å². The molecular weight excluding hydrogens is 254 g/mol. The average Bonchev–Trinajstić information content (AvgIpc) is 2.92. The van der Waals surface area contributed by atoms with Gasteiger partial charge >= 0.3 is 0 Å². The summed E-state index contributed by atoms with van der Waals surface area (Å²) in [4.78, 5) is 1.44. The third-order valence-corrected chi connectivity index (χ3v) is 5.76. The van der Waals surface area contributed by atoms with Crippen LogP contribution in [0.1, 0.15) is 37.3 Å². The highest BCUT2D eigenvalue weighted by atomic mass is 32.2. The van der Waals surface area contributed by atoms with Gasteiger partial charge in [-0.2, -0.15) is 0 Å². The van der Waals surface area contributed by atoms with Crippen LogP contribution in [-0.4, -0.2) is 24.0 Å². The molecule has 0 bridgehead atoms. The zero-order valence-electron chi connectivity index (χ0n) is 11.3. The van der Waals surface area contributed by atoms with Crippen molar-refractivity contribution >= 4 is 11.8 Å². The summed E-state index contributed by atoms with van der Waals surface area (Å²) in [5.41, 5.74) is 1.47. The molecule has 1 aliphatic heterocycles. The molecule has 19 heavy (non-hydrogen) atoms. The van der Waals surface area contributed by atoms with Gasteiger partial charge < -0.3 is 10.4 Å². The molecule has 3 atom stereocenters. The largest absolute Gasteiger partial charge is 0.396 e. The van der Waals surface area contributed by atoms with Crippen molar-refractivity contribution in [1.29, 1.82) is 0 Å². The van der Waals surface area contributed by atoms with E-state index in [0.29, 0.717) is 24.5 Å². The first kappa shape index (κ1) is 13.5. The minimum atomic E-state index is 0.365. The summed E-state index contributed by atoms with van der Waals surface area (Å²) in [5.74, 6) is 2.41. The van der Waals surface area contributed by atoms with Crippen LogP contribution in [0.2, 0.25) is 0 Å². The maximum atomic E-state index is 9.40. The van der Waals surface area contributed by atoms with Crippen LogP contribution < -0.4 is 5.32 Å². The monoisotopic (exact) mass is 277 g/mol. The van der Waals surface area contributed by atoms with Crippen molar-refractivity contribution in [3.63, 3.8) is 0 Å². The van der Waals surface area contributed by atoms with Crippen molar-refractivity contribution in [3.8, 4) is 0 Å². The smallest absolute Gasteiger partial charge is 0.0462 e. The number of nitrogens with one attached hydrogen (secondary N) is 1. The first-order valence-corrected chi connectivity index (χ1v) is 8.43. The van der Waals surface area contributed by atoms with Gasteiger partial charge in [-0.1, -0.05) is 24.6 Å². The lowest BCUT2D eigenvalue weighted by Gasteiger charge is -2.28. The zero-order valence-corrected chi connectivity index (χ0v) is 12.2. The molecule has 1 aromatic rings. The van der Waals surface area contributed by atoms with Gasteiger partial charge in [-0.3, -0.25) is 0 Å². The number of rotatable bonds is 4. The lowest BCUT2D eigenvalue weighted by Crippen LogP contribution is -2.31. The van der Waals surface area contributed by atoms with E-state index in [1.165, 1.54) is 41.9 Å². The second kappa shape index (κ2) is 6.29. The van der Waals surface area contributed by atoms with Crippen molar-refractivity contribution in [2.24, 2.45) is 11.8 Å². The molecule has 104 valence electrons. The van der Waals surface area contributed by atoms with E-state index in [-0.39, 0.29) is 0 Å². The number of hydrogen-bond acceptors (Lipinski definition) is 3. The van der Waals surface area contributed by atoms with Crippen LogP contribution in [0, 0.1) is 11.8 Å². The lowest BCUT2D eigenvalue weighted by molar-refractivity contribution is 0.190. The third-order valence-electron chi connectivity index (χ3n) is 4.64. The summed E-state index contributed by atoms with van der Waals surface area (Å²) >= 11 is 1.98. The van der Waals surface area contributed by atoms with E-state index in [4.69, 9.17) is 0 Å². The van der Waals surface area contributed by atoms with Crippen molar-refractivity contribution in [2.75, 3.05) is 18.9 Å². The van der Waals surface area contributed by atoms with E-state index in [1.807, 2.05) is 11.8 Å². The molecule has 3 unspecified atom stereocenters. The van der Waals surface area contributed by atoms with Crippen molar-refractivity contribution < 1.29 is 5.11 Å². The van der Waals surface area contributed by atoms with Gasteiger partial charge in [0, 0.05) is 17.5 Å². The highest BCUT2D eigenvalue weighted by molar-refractivity contribution is 7.99. The van der Waals surface area contributed by atoms with Crippen molar-refractivity contribution in [3.05, 3.63) is 29.8 Å². The van der Waals surface area contributed by atoms with Crippen LogP contribution in [0.15, 0.2) is 29.2 Å². The van der Waals surface area contributed by atoms with Crippen LogP contribution in [0.25, 0.3) is 0 Å². The van der Waals surface area contributed by atoms with Gasteiger partial charge in [0.1, 0.15) is 0 Å². The first-order chi connectivity index (χ1) is 9.38. The highest BCUT2D eigenvalue weighted by Gasteiger charge is 2.28. The molecule has 0 saturated heterocycles. The molecule has 1 saturated carbocycles. The van der Waals surface area contributed by atoms with Gasteiger partial charge in [0.25, 0.3) is 0 Å². The minimum Gasteiger partial charge on any atom is -0.396 e. The number of fused-ring (bicyclic) bond motifs is 1. The number of benzene rings is 1. The Balaban J connectivity index is 1.62. The molecule has 0 aromatic heterocycles. The molecule has 3 rings (SSSR count). The van der Waals surface area contributed by atoms with Gasteiger partial charge in [-0.25, -0.2) is 0 Å². The molecule has 1 fully saturated rings. The normalized spacial score (nSPS) is 30.3. The Morgan fingerprint density at radius 2 is 2.00 bits per heavy atom. The minimum absolute atomic E-state index is 0.365. The number of hydrogen-bond donors (Lipinski definition) is 2. The first-order valence-electron chi connectivity index (χ1n) is 7.44. The standard InChI is InChI=1S/C16H23NOS/c18-11-13-5-3-4-12(13)10-17-15-8-9-19-16-7-2-1-6-14(15)16/h1-2,6-7,12-13,15,17-18H,3-5,8-11H2. The Morgan fingerprint density at radius 3 is 2.89 bits per heavy atom. The topological polar surface area (TPSA) is 32.3 Å². The molecule has 0 radical (unpaired) electrons. The molecule has 3 heteroatoms. The summed E-state index contributed by atoms with van der Waals surface area (Å²) in [7, 11) is 0. The maximum Gasteiger partial charge on any atom is 0.0462 e. The summed E-state index contributed by atoms with van der Waals surface area (Å²) in [6.07, 6.45) is 4.99. The van der Waals surface area contributed by atoms with Gasteiger partial charge in [0.05, 0.1) is 0 Å². The van der Waals surface area contributed by atoms with E-state index in [1.54, 1.807) is 0 Å². The van der Waals surface area contributed by atoms with Crippen LogP contribution in [0.3, 0.4) is 0 Å². The Morgan fingerprint density at radius 1 is 1.16 bits per heavy atom. The van der Waals surface area contributed by atoms with Crippen LogP contribution >= 0.6 is 11.8 Å². The third kappa shape index (κ3) is 2.99. The summed E-state index contributed by atoms with van der Waals surface area (Å²) < 4.78 is 0. The second-order valence-corrected chi connectivity index (χ2v) is 6.91. The molecule has 1 aliphatic carbocycles. The van der Waals surface area contributed by atoms with E-state index in [0.717, 1.165) is 6.54 Å². The molecule has 0 spiro atoms. The average molecular weight is 277 g/mol. The Bertz CT molecular complexity index is 423. The van der Waals surface area contributed by atoms with Gasteiger partial charge in [-0.15, -0.1) is 11.8 Å². The van der Waals surface area contributed by atoms with Gasteiger partial charge in [0.15, 0.2) is 0 Å². The molecule has 2 N–H and O–H groups in total. The molecule has 0 amide bonds. The predicted octanol–water partition coefficient (Wildman–Crippen LogP) is 3.22. The van der Waals surface area contributed by atoms with Gasteiger partial charge in [0.2, 0.25) is 0 Å². The lowest BCUT2D eigenvalue weighted by atomic mass is 9.95. The van der Waals surface area contributed by atoms with E-state index in [9.17, 15) is 5.11 Å². The molecular formula is C16H23NOS. The quantitative estimate of drug-likeness (QED) is 0.886. The van der Waals surface area contributed by atoms with E-state index in [2.05, 4.69) is 29.6 Å². The molecule has 1 aromatic carbocycles. The van der Waals surface area contributed by atoms with E-state index >= 15 is 0 Å². The fraction of sp³-hybridized carbons (Fsp3) is 0.625. The Kier molecular flexibility index (Phi) is 4.46. The predicted molar refractivity (Wildman–Crippen MR) is 80.4 cm³/mol. The molecule has 2 nitrogen and oxygen atoms in total.